The Labute approximate surface area is 179 Å². The van der Waals surface area contributed by atoms with Crippen molar-refractivity contribution in [2.75, 3.05) is 25.7 Å². The van der Waals surface area contributed by atoms with Crippen molar-refractivity contribution < 1.29 is 18.7 Å². The Kier molecular flexibility index (Phi) is 5.72. The quantitative estimate of drug-likeness (QED) is 0.588. The molecule has 5 nitrogen and oxygen atoms in total. The van der Waals surface area contributed by atoms with Gasteiger partial charge in [0.25, 0.3) is 0 Å². The zero-order valence-corrected chi connectivity index (χ0v) is 18.0. The van der Waals surface area contributed by atoms with Gasteiger partial charge in [0.05, 0.1) is 26.3 Å². The number of thiazole rings is 1. The molecule has 1 aliphatic heterocycles. The van der Waals surface area contributed by atoms with Crippen LogP contribution in [-0.4, -0.2) is 31.7 Å². The van der Waals surface area contributed by atoms with Gasteiger partial charge in [-0.1, -0.05) is 0 Å². The van der Waals surface area contributed by atoms with Gasteiger partial charge in [0.2, 0.25) is 5.91 Å². The second-order valence-corrected chi connectivity index (χ2v) is 8.13. The van der Waals surface area contributed by atoms with Crippen molar-refractivity contribution in [3.05, 3.63) is 58.3 Å². The maximum atomic E-state index is 13.8. The first-order chi connectivity index (χ1) is 14.5. The van der Waals surface area contributed by atoms with Crippen LogP contribution in [0.1, 0.15) is 23.2 Å². The summed E-state index contributed by atoms with van der Waals surface area (Å²) in [6.45, 7) is 2.50. The molecule has 0 unspecified atom stereocenters. The normalized spacial score (nSPS) is 13.1. The molecule has 1 amide bonds. The zero-order chi connectivity index (χ0) is 21.3. The summed E-state index contributed by atoms with van der Waals surface area (Å²) < 4.78 is 24.4. The number of anilines is 1. The molecular formula is C23H23FN2O3S. The minimum Gasteiger partial charge on any atom is -0.493 e. The Hall–Kier alpha value is -2.93. The first-order valence-corrected chi connectivity index (χ1v) is 10.6. The number of aromatic nitrogens is 1. The molecule has 0 N–H and O–H groups in total. The van der Waals surface area contributed by atoms with Crippen LogP contribution < -0.4 is 14.4 Å². The zero-order valence-electron chi connectivity index (χ0n) is 17.2. The highest BCUT2D eigenvalue weighted by atomic mass is 32.1. The van der Waals surface area contributed by atoms with Gasteiger partial charge < -0.3 is 14.4 Å². The fourth-order valence-corrected chi connectivity index (χ4v) is 4.73. The molecule has 1 aliphatic rings. The number of hydrogen-bond donors (Lipinski definition) is 0. The van der Waals surface area contributed by atoms with Crippen molar-refractivity contribution in [3.63, 3.8) is 0 Å². The van der Waals surface area contributed by atoms with E-state index in [0.717, 1.165) is 45.9 Å². The van der Waals surface area contributed by atoms with E-state index in [1.54, 1.807) is 25.2 Å². The van der Waals surface area contributed by atoms with Gasteiger partial charge in [0.15, 0.2) is 11.5 Å². The summed E-state index contributed by atoms with van der Waals surface area (Å²) in [7, 11) is 3.19. The average Bonchev–Trinajstić information content (AvgIpc) is 3.20. The topological polar surface area (TPSA) is 51.7 Å². The number of halogens is 1. The monoisotopic (exact) mass is 426 g/mol. The number of rotatable bonds is 5. The standard InChI is InChI=1S/C23H23FN2O3S/c1-14-9-17(24)10-15-5-4-8-26(22(14)15)21(27)12-18-13-30-23(25-18)16-6-7-19(28-2)20(11-16)29-3/h6-7,9-11,13H,4-5,8,12H2,1-3H3. The lowest BCUT2D eigenvalue weighted by Gasteiger charge is -2.31. The van der Waals surface area contributed by atoms with Crippen molar-refractivity contribution in [3.8, 4) is 22.1 Å². The predicted molar refractivity (Wildman–Crippen MR) is 116 cm³/mol. The highest BCUT2D eigenvalue weighted by Gasteiger charge is 2.25. The van der Waals surface area contributed by atoms with E-state index in [-0.39, 0.29) is 18.1 Å². The Bertz CT molecular complexity index is 1100. The van der Waals surface area contributed by atoms with Crippen molar-refractivity contribution in [1.82, 2.24) is 4.98 Å². The summed E-state index contributed by atoms with van der Waals surface area (Å²) in [5, 5.41) is 2.72. The summed E-state index contributed by atoms with van der Waals surface area (Å²) in [6, 6.07) is 8.67. The van der Waals surface area contributed by atoms with E-state index in [9.17, 15) is 9.18 Å². The van der Waals surface area contributed by atoms with Gasteiger partial charge in [-0.05, 0) is 61.2 Å². The number of nitrogens with zero attached hydrogens (tertiary/aromatic N) is 2. The molecule has 0 bridgehead atoms. The largest absolute Gasteiger partial charge is 0.493 e. The summed E-state index contributed by atoms with van der Waals surface area (Å²) in [5.74, 6) is 1.02. The van der Waals surface area contributed by atoms with Gasteiger partial charge in [-0.25, -0.2) is 9.37 Å². The number of carbonyl (C=O) groups excluding carboxylic acids is 1. The van der Waals surface area contributed by atoms with E-state index < -0.39 is 0 Å². The van der Waals surface area contributed by atoms with E-state index in [0.29, 0.717) is 18.0 Å². The molecule has 1 aromatic heterocycles. The predicted octanol–water partition coefficient (Wildman–Crippen LogP) is 4.80. The maximum absolute atomic E-state index is 13.8. The molecule has 0 atom stereocenters. The molecule has 0 spiro atoms. The van der Waals surface area contributed by atoms with Crippen LogP contribution in [0.5, 0.6) is 11.5 Å². The summed E-state index contributed by atoms with van der Waals surface area (Å²) in [4.78, 5) is 19.5. The van der Waals surface area contributed by atoms with Crippen LogP contribution >= 0.6 is 11.3 Å². The summed E-state index contributed by atoms with van der Waals surface area (Å²) in [6.07, 6.45) is 1.83. The molecule has 4 rings (SSSR count). The van der Waals surface area contributed by atoms with E-state index in [1.807, 2.05) is 30.5 Å². The lowest BCUT2D eigenvalue weighted by molar-refractivity contribution is -0.118. The van der Waals surface area contributed by atoms with Crippen LogP contribution in [-0.2, 0) is 17.6 Å². The number of hydrogen-bond acceptors (Lipinski definition) is 5. The SMILES string of the molecule is COc1ccc(-c2nc(CC(=O)N3CCCc4cc(F)cc(C)c43)cs2)cc1OC. The molecule has 30 heavy (non-hydrogen) atoms. The molecule has 7 heteroatoms. The number of benzene rings is 2. The number of amides is 1. The molecule has 0 saturated carbocycles. The van der Waals surface area contributed by atoms with E-state index in [4.69, 9.17) is 9.47 Å². The smallest absolute Gasteiger partial charge is 0.233 e. The lowest BCUT2D eigenvalue weighted by Crippen LogP contribution is -2.37. The minimum absolute atomic E-state index is 0.0187. The molecular weight excluding hydrogens is 403 g/mol. The molecule has 0 fully saturated rings. The molecule has 2 aromatic carbocycles. The first-order valence-electron chi connectivity index (χ1n) is 9.76. The molecule has 0 aliphatic carbocycles. The molecule has 3 aromatic rings. The van der Waals surface area contributed by atoms with Crippen LogP contribution in [0.4, 0.5) is 10.1 Å². The number of carbonyl (C=O) groups is 1. The highest BCUT2D eigenvalue weighted by molar-refractivity contribution is 7.13. The van der Waals surface area contributed by atoms with Gasteiger partial charge in [-0.3, -0.25) is 4.79 Å². The number of methoxy groups -OCH3 is 2. The average molecular weight is 427 g/mol. The van der Waals surface area contributed by atoms with Gasteiger partial charge in [0.1, 0.15) is 10.8 Å². The van der Waals surface area contributed by atoms with Gasteiger partial charge in [-0.15, -0.1) is 11.3 Å². The van der Waals surface area contributed by atoms with E-state index >= 15 is 0 Å². The number of ether oxygens (including phenoxy) is 2. The molecule has 2 heterocycles. The van der Waals surface area contributed by atoms with Crippen LogP contribution in [0, 0.1) is 12.7 Å². The van der Waals surface area contributed by atoms with E-state index in [2.05, 4.69) is 4.98 Å². The van der Waals surface area contributed by atoms with Gasteiger partial charge >= 0.3 is 0 Å². The third kappa shape index (κ3) is 3.89. The Balaban J connectivity index is 1.55. The maximum Gasteiger partial charge on any atom is 0.233 e. The molecule has 0 saturated heterocycles. The van der Waals surface area contributed by atoms with E-state index in [1.165, 1.54) is 17.4 Å². The Morgan fingerprint density at radius 3 is 2.77 bits per heavy atom. The fourth-order valence-electron chi connectivity index (χ4n) is 3.91. The van der Waals surface area contributed by atoms with Gasteiger partial charge in [-0.2, -0.15) is 0 Å². The first kappa shape index (κ1) is 20.3. The van der Waals surface area contributed by atoms with Crippen molar-refractivity contribution in [2.45, 2.75) is 26.2 Å². The van der Waals surface area contributed by atoms with Crippen LogP contribution in [0.15, 0.2) is 35.7 Å². The third-order valence-electron chi connectivity index (χ3n) is 5.26. The van der Waals surface area contributed by atoms with Crippen molar-refractivity contribution in [2.24, 2.45) is 0 Å². The van der Waals surface area contributed by atoms with Crippen LogP contribution in [0.25, 0.3) is 10.6 Å². The highest BCUT2D eigenvalue weighted by Crippen LogP contribution is 2.35. The number of aryl methyl sites for hydroxylation is 2. The lowest BCUT2D eigenvalue weighted by atomic mass is 9.97. The Morgan fingerprint density at radius 2 is 2.00 bits per heavy atom. The third-order valence-corrected chi connectivity index (χ3v) is 6.20. The minimum atomic E-state index is -0.250. The summed E-state index contributed by atoms with van der Waals surface area (Å²) in [5.41, 5.74) is 4.18. The van der Waals surface area contributed by atoms with Crippen molar-refractivity contribution in [1.29, 1.82) is 0 Å². The number of fused-ring (bicyclic) bond motifs is 1. The Morgan fingerprint density at radius 1 is 1.20 bits per heavy atom. The molecule has 0 radical (unpaired) electrons. The fraction of sp³-hybridized carbons (Fsp3) is 0.304. The van der Waals surface area contributed by atoms with Crippen LogP contribution in [0.2, 0.25) is 0 Å². The van der Waals surface area contributed by atoms with Crippen molar-refractivity contribution >= 4 is 22.9 Å². The van der Waals surface area contributed by atoms with Gasteiger partial charge in [0, 0.05) is 23.2 Å². The van der Waals surface area contributed by atoms with Crippen LogP contribution in [0.3, 0.4) is 0 Å². The molecule has 156 valence electrons. The second kappa shape index (κ2) is 8.44. The second-order valence-electron chi connectivity index (χ2n) is 7.27. The summed E-state index contributed by atoms with van der Waals surface area (Å²) >= 11 is 1.49.